The fourth-order valence-corrected chi connectivity index (χ4v) is 2.83. The molecule has 116 valence electrons. The van der Waals surface area contributed by atoms with Gasteiger partial charge < -0.3 is 15.2 Å². The molecule has 0 unspecified atom stereocenters. The number of hydrogen-bond donors (Lipinski definition) is 2. The molecule has 0 aliphatic heterocycles. The van der Waals surface area contributed by atoms with Crippen molar-refractivity contribution < 1.29 is 14.6 Å². The molecular formula is C17H25NO3. The third-order valence-electron chi connectivity index (χ3n) is 4.20. The van der Waals surface area contributed by atoms with Crippen molar-refractivity contribution in [2.75, 3.05) is 26.4 Å². The van der Waals surface area contributed by atoms with Crippen LogP contribution in [0.3, 0.4) is 0 Å². The minimum absolute atomic E-state index is 0.0445. The van der Waals surface area contributed by atoms with Gasteiger partial charge in [0.05, 0.1) is 18.6 Å². The molecule has 1 aliphatic rings. The first-order chi connectivity index (χ1) is 10.2. The maximum atomic E-state index is 12.6. The van der Waals surface area contributed by atoms with Gasteiger partial charge in [0.1, 0.15) is 0 Å². The largest absolute Gasteiger partial charge is 0.394 e. The minimum Gasteiger partial charge on any atom is -0.394 e. The number of amides is 1. The van der Waals surface area contributed by atoms with Gasteiger partial charge in [0.25, 0.3) is 0 Å². The molecule has 0 saturated heterocycles. The highest BCUT2D eigenvalue weighted by Crippen LogP contribution is 2.44. The number of aliphatic hydroxyl groups is 1. The van der Waals surface area contributed by atoms with E-state index in [1.54, 1.807) is 0 Å². The van der Waals surface area contributed by atoms with Gasteiger partial charge >= 0.3 is 0 Å². The Bertz CT molecular complexity index is 469. The van der Waals surface area contributed by atoms with E-state index in [0.29, 0.717) is 19.8 Å². The van der Waals surface area contributed by atoms with Crippen molar-refractivity contribution >= 4 is 5.91 Å². The minimum atomic E-state index is -0.321. The van der Waals surface area contributed by atoms with E-state index >= 15 is 0 Å². The summed E-state index contributed by atoms with van der Waals surface area (Å²) in [4.78, 5) is 12.6. The second-order valence-corrected chi connectivity index (χ2v) is 5.75. The lowest BCUT2D eigenvalue weighted by molar-refractivity contribution is -0.130. The number of carbonyl (C=O) groups excluding carboxylic acids is 1. The van der Waals surface area contributed by atoms with Crippen LogP contribution in [0.25, 0.3) is 0 Å². The molecule has 2 N–H and O–H groups in total. The fourth-order valence-electron chi connectivity index (χ4n) is 2.83. The third kappa shape index (κ3) is 3.83. The number of aryl methyl sites for hydroxylation is 1. The average molecular weight is 291 g/mol. The van der Waals surface area contributed by atoms with Crippen LogP contribution in [0.2, 0.25) is 0 Å². The molecule has 4 heteroatoms. The molecule has 1 saturated carbocycles. The topological polar surface area (TPSA) is 58.6 Å². The Hall–Kier alpha value is -1.39. The fraction of sp³-hybridized carbons (Fsp3) is 0.588. The monoisotopic (exact) mass is 291 g/mol. The molecule has 4 nitrogen and oxygen atoms in total. The highest BCUT2D eigenvalue weighted by Gasteiger charge is 2.45. The number of ether oxygens (including phenoxy) is 1. The molecular weight excluding hydrogens is 266 g/mol. The smallest absolute Gasteiger partial charge is 0.230 e. The van der Waals surface area contributed by atoms with Gasteiger partial charge in [-0.3, -0.25) is 4.79 Å². The summed E-state index contributed by atoms with van der Waals surface area (Å²) in [7, 11) is 0. The summed E-state index contributed by atoms with van der Waals surface area (Å²) < 4.78 is 5.19. The van der Waals surface area contributed by atoms with Crippen LogP contribution >= 0.6 is 0 Å². The van der Waals surface area contributed by atoms with Gasteiger partial charge in [0.2, 0.25) is 5.91 Å². The molecule has 1 amide bonds. The summed E-state index contributed by atoms with van der Waals surface area (Å²) in [6.07, 6.45) is 3.75. The van der Waals surface area contributed by atoms with Crippen molar-refractivity contribution in [2.45, 2.75) is 38.0 Å². The van der Waals surface area contributed by atoms with Gasteiger partial charge in [-0.25, -0.2) is 0 Å². The molecule has 1 aromatic carbocycles. The molecule has 1 fully saturated rings. The lowest BCUT2D eigenvalue weighted by atomic mass is 9.63. The Kier molecular flexibility index (Phi) is 5.76. The zero-order valence-electron chi connectivity index (χ0n) is 12.7. The van der Waals surface area contributed by atoms with E-state index in [2.05, 4.69) is 30.4 Å². The van der Waals surface area contributed by atoms with Crippen molar-refractivity contribution in [2.24, 2.45) is 0 Å². The van der Waals surface area contributed by atoms with E-state index in [1.807, 2.05) is 6.07 Å². The number of hydrogen-bond acceptors (Lipinski definition) is 3. The summed E-state index contributed by atoms with van der Waals surface area (Å²) in [5, 5.41) is 11.6. The van der Waals surface area contributed by atoms with Crippen LogP contribution in [0.15, 0.2) is 24.3 Å². The van der Waals surface area contributed by atoms with Gasteiger partial charge in [-0.1, -0.05) is 36.2 Å². The second-order valence-electron chi connectivity index (χ2n) is 5.75. The summed E-state index contributed by atoms with van der Waals surface area (Å²) in [6.45, 7) is 3.66. The van der Waals surface area contributed by atoms with Crippen LogP contribution in [-0.2, 0) is 14.9 Å². The first-order valence-electron chi connectivity index (χ1n) is 7.73. The Balaban J connectivity index is 1.87. The molecule has 0 atom stereocenters. The highest BCUT2D eigenvalue weighted by atomic mass is 16.5. The zero-order valence-corrected chi connectivity index (χ0v) is 12.7. The lowest BCUT2D eigenvalue weighted by Gasteiger charge is -2.41. The van der Waals surface area contributed by atoms with Gasteiger partial charge in [-0.2, -0.15) is 0 Å². The van der Waals surface area contributed by atoms with Crippen LogP contribution < -0.4 is 5.32 Å². The molecule has 0 bridgehead atoms. The lowest BCUT2D eigenvalue weighted by Crippen LogP contribution is -2.49. The van der Waals surface area contributed by atoms with Gasteiger partial charge in [-0.15, -0.1) is 0 Å². The summed E-state index contributed by atoms with van der Waals surface area (Å²) in [5.74, 6) is 0.140. The maximum absolute atomic E-state index is 12.6. The van der Waals surface area contributed by atoms with Crippen molar-refractivity contribution in [1.82, 2.24) is 5.32 Å². The summed E-state index contributed by atoms with van der Waals surface area (Å²) in [6, 6.07) is 8.28. The van der Waals surface area contributed by atoms with Crippen LogP contribution in [0.4, 0.5) is 0 Å². The second kappa shape index (κ2) is 7.57. The Morgan fingerprint density at radius 1 is 1.38 bits per heavy atom. The Morgan fingerprint density at radius 2 is 2.19 bits per heavy atom. The van der Waals surface area contributed by atoms with Gasteiger partial charge in [0, 0.05) is 13.2 Å². The third-order valence-corrected chi connectivity index (χ3v) is 4.20. The molecule has 2 rings (SSSR count). The molecule has 21 heavy (non-hydrogen) atoms. The number of benzene rings is 1. The van der Waals surface area contributed by atoms with Crippen molar-refractivity contribution in [3.8, 4) is 0 Å². The zero-order chi connectivity index (χ0) is 15.1. The Labute approximate surface area is 126 Å². The van der Waals surface area contributed by atoms with Crippen molar-refractivity contribution in [3.63, 3.8) is 0 Å². The van der Waals surface area contributed by atoms with E-state index < -0.39 is 0 Å². The predicted octanol–water partition coefficient (Wildman–Crippen LogP) is 1.93. The molecule has 1 aromatic rings. The van der Waals surface area contributed by atoms with E-state index in [-0.39, 0.29) is 17.9 Å². The molecule has 0 spiro atoms. The quantitative estimate of drug-likeness (QED) is 0.720. The SMILES string of the molecule is Cc1cccc(C2(C(=O)NCCCOCCO)CCC2)c1. The van der Waals surface area contributed by atoms with Crippen molar-refractivity contribution in [3.05, 3.63) is 35.4 Å². The van der Waals surface area contributed by atoms with Crippen molar-refractivity contribution in [1.29, 1.82) is 0 Å². The van der Waals surface area contributed by atoms with Crippen LogP contribution in [0, 0.1) is 6.92 Å². The molecule has 0 aromatic heterocycles. The molecule has 0 radical (unpaired) electrons. The summed E-state index contributed by atoms with van der Waals surface area (Å²) in [5.41, 5.74) is 2.02. The van der Waals surface area contributed by atoms with E-state index in [1.165, 1.54) is 5.56 Å². The number of carbonyl (C=O) groups is 1. The molecule has 1 aliphatic carbocycles. The maximum Gasteiger partial charge on any atom is 0.230 e. The van der Waals surface area contributed by atoms with E-state index in [9.17, 15) is 4.79 Å². The standard InChI is InChI=1S/C17H25NO3/c1-14-5-2-6-15(13-14)17(7-3-8-17)16(20)18-9-4-11-21-12-10-19/h2,5-6,13,19H,3-4,7-12H2,1H3,(H,18,20). The highest BCUT2D eigenvalue weighted by molar-refractivity contribution is 5.89. The first kappa shape index (κ1) is 16.0. The van der Waals surface area contributed by atoms with E-state index in [4.69, 9.17) is 9.84 Å². The van der Waals surface area contributed by atoms with Gasteiger partial charge in [0.15, 0.2) is 0 Å². The number of aliphatic hydroxyl groups excluding tert-OH is 1. The van der Waals surface area contributed by atoms with Crippen LogP contribution in [-0.4, -0.2) is 37.4 Å². The molecule has 0 heterocycles. The normalized spacial score (nSPS) is 16.3. The first-order valence-corrected chi connectivity index (χ1v) is 7.73. The van der Waals surface area contributed by atoms with Crippen LogP contribution in [0.1, 0.15) is 36.8 Å². The summed E-state index contributed by atoms with van der Waals surface area (Å²) >= 11 is 0. The van der Waals surface area contributed by atoms with Gasteiger partial charge in [-0.05, 0) is 31.7 Å². The van der Waals surface area contributed by atoms with E-state index in [0.717, 1.165) is 31.2 Å². The average Bonchev–Trinajstić information content (AvgIpc) is 2.41. The van der Waals surface area contributed by atoms with Crippen LogP contribution in [0.5, 0.6) is 0 Å². The predicted molar refractivity (Wildman–Crippen MR) is 82.2 cm³/mol. The Morgan fingerprint density at radius 3 is 2.81 bits per heavy atom. The number of rotatable bonds is 8. The number of nitrogens with one attached hydrogen (secondary N) is 1.